The van der Waals surface area contributed by atoms with Gasteiger partial charge in [-0.3, -0.25) is 4.90 Å². The summed E-state index contributed by atoms with van der Waals surface area (Å²) in [4.78, 5) is 11.4. The number of fused-ring (bicyclic) bond motifs is 1. The molecule has 0 radical (unpaired) electrons. The molecule has 0 bridgehead atoms. The van der Waals surface area contributed by atoms with Gasteiger partial charge < -0.3 is 9.47 Å². The van der Waals surface area contributed by atoms with Crippen molar-refractivity contribution in [2.45, 2.75) is 25.4 Å². The van der Waals surface area contributed by atoms with Gasteiger partial charge in [-0.25, -0.2) is 9.97 Å². The molecule has 1 fully saturated rings. The van der Waals surface area contributed by atoms with Crippen molar-refractivity contribution >= 4 is 11.0 Å². The molecule has 1 atom stereocenters. The van der Waals surface area contributed by atoms with Gasteiger partial charge in [-0.2, -0.15) is 0 Å². The first-order valence-corrected chi connectivity index (χ1v) is 8.64. The number of ether oxygens (including phenoxy) is 2. The van der Waals surface area contributed by atoms with Crippen LogP contribution in [0, 0.1) is 0 Å². The summed E-state index contributed by atoms with van der Waals surface area (Å²) in [5.41, 5.74) is 1.75. The van der Waals surface area contributed by atoms with Gasteiger partial charge in [-0.15, -0.1) is 6.58 Å². The van der Waals surface area contributed by atoms with Crippen LogP contribution < -0.4 is 4.74 Å². The topological polar surface area (TPSA) is 47.5 Å². The molecule has 2 aromatic rings. The Hall–Kier alpha value is -1.98. The van der Waals surface area contributed by atoms with Crippen molar-refractivity contribution in [3.8, 4) is 5.88 Å². The van der Waals surface area contributed by atoms with Crippen LogP contribution in [-0.2, 0) is 4.74 Å². The normalized spacial score (nSPS) is 17.3. The molecule has 1 aliphatic rings. The third-order valence-electron chi connectivity index (χ3n) is 4.18. The number of hydrogen-bond acceptors (Lipinski definition) is 5. The van der Waals surface area contributed by atoms with Crippen LogP contribution in [0.25, 0.3) is 11.0 Å². The lowest BCUT2D eigenvalue weighted by Crippen LogP contribution is -2.37. The monoisotopic (exact) mass is 327 g/mol. The Labute approximate surface area is 143 Å². The minimum absolute atomic E-state index is 0.0802. The molecular formula is C19H25N3O2. The fourth-order valence-electron chi connectivity index (χ4n) is 2.93. The Kier molecular flexibility index (Phi) is 6.15. The van der Waals surface area contributed by atoms with Gasteiger partial charge in [0.15, 0.2) is 0 Å². The Morgan fingerprint density at radius 1 is 1.25 bits per heavy atom. The van der Waals surface area contributed by atoms with Gasteiger partial charge >= 0.3 is 0 Å². The lowest BCUT2D eigenvalue weighted by atomic mass is 10.2. The second kappa shape index (κ2) is 8.76. The van der Waals surface area contributed by atoms with Crippen LogP contribution in [0.4, 0.5) is 0 Å². The van der Waals surface area contributed by atoms with E-state index in [1.807, 2.05) is 30.3 Å². The summed E-state index contributed by atoms with van der Waals surface area (Å²) in [5.74, 6) is 0.592. The average Bonchev–Trinajstić information content (AvgIpc) is 2.88. The highest BCUT2D eigenvalue weighted by Gasteiger charge is 2.18. The lowest BCUT2D eigenvalue weighted by Gasteiger charge is -2.26. The van der Waals surface area contributed by atoms with Gasteiger partial charge in [0.05, 0.1) is 23.8 Å². The fraction of sp³-hybridized carbons (Fsp3) is 0.474. The maximum Gasteiger partial charge on any atom is 0.233 e. The van der Waals surface area contributed by atoms with Crippen LogP contribution in [0.3, 0.4) is 0 Å². The van der Waals surface area contributed by atoms with E-state index in [0.717, 1.165) is 63.1 Å². The molecule has 0 aliphatic carbocycles. The zero-order chi connectivity index (χ0) is 16.6. The first-order chi connectivity index (χ1) is 11.8. The van der Waals surface area contributed by atoms with Gasteiger partial charge in [0.25, 0.3) is 0 Å². The zero-order valence-corrected chi connectivity index (χ0v) is 14.1. The summed E-state index contributed by atoms with van der Waals surface area (Å²) in [6.45, 7) is 8.36. The van der Waals surface area contributed by atoms with Crippen LogP contribution in [-0.4, -0.2) is 53.8 Å². The van der Waals surface area contributed by atoms with Gasteiger partial charge in [-0.05, 0) is 31.4 Å². The minimum Gasteiger partial charge on any atom is -0.472 e. The van der Waals surface area contributed by atoms with E-state index in [1.165, 1.54) is 0 Å². The van der Waals surface area contributed by atoms with Gasteiger partial charge in [0, 0.05) is 26.2 Å². The number of benzene rings is 1. The summed E-state index contributed by atoms with van der Waals surface area (Å²) in [6.07, 6.45) is 6.66. The number of nitrogens with zero attached hydrogens (tertiary/aromatic N) is 3. The maximum absolute atomic E-state index is 6.16. The molecule has 5 nitrogen and oxygen atoms in total. The first kappa shape index (κ1) is 16.9. The van der Waals surface area contributed by atoms with Crippen LogP contribution in [0.15, 0.2) is 43.1 Å². The SMILES string of the molecule is C=CCCC(CN1CCCOCC1)Oc1cnc2ccccc2n1. The molecule has 1 aliphatic heterocycles. The molecule has 1 aromatic heterocycles. The zero-order valence-electron chi connectivity index (χ0n) is 14.1. The molecule has 5 heteroatoms. The predicted octanol–water partition coefficient (Wildman–Crippen LogP) is 3.07. The van der Waals surface area contributed by atoms with Crippen molar-refractivity contribution in [3.63, 3.8) is 0 Å². The summed E-state index contributed by atoms with van der Waals surface area (Å²) in [7, 11) is 0. The van der Waals surface area contributed by atoms with Crippen LogP contribution in [0.5, 0.6) is 5.88 Å². The van der Waals surface area contributed by atoms with Crippen molar-refractivity contribution < 1.29 is 9.47 Å². The van der Waals surface area contributed by atoms with Crippen molar-refractivity contribution in [1.82, 2.24) is 14.9 Å². The third kappa shape index (κ3) is 4.76. The summed E-state index contributed by atoms with van der Waals surface area (Å²) >= 11 is 0. The van der Waals surface area contributed by atoms with Crippen molar-refractivity contribution in [2.24, 2.45) is 0 Å². The highest BCUT2D eigenvalue weighted by molar-refractivity contribution is 5.73. The standard InChI is InChI=1S/C19H25N3O2/c1-2-3-7-16(15-22-10-6-12-23-13-11-22)24-19-14-20-17-8-4-5-9-18(17)21-19/h2,4-5,8-9,14,16H,1,3,6-7,10-13,15H2. The Morgan fingerprint density at radius 2 is 2.12 bits per heavy atom. The van der Waals surface area contributed by atoms with Crippen LogP contribution >= 0.6 is 0 Å². The predicted molar refractivity (Wildman–Crippen MR) is 95.3 cm³/mol. The van der Waals surface area contributed by atoms with Crippen molar-refractivity contribution in [1.29, 1.82) is 0 Å². The largest absolute Gasteiger partial charge is 0.472 e. The van der Waals surface area contributed by atoms with E-state index in [2.05, 4.69) is 21.4 Å². The van der Waals surface area contributed by atoms with Crippen LogP contribution in [0.1, 0.15) is 19.3 Å². The number of hydrogen-bond donors (Lipinski definition) is 0. The second-order valence-electron chi connectivity index (χ2n) is 6.07. The molecule has 1 unspecified atom stereocenters. The Bertz CT molecular complexity index is 654. The van der Waals surface area contributed by atoms with E-state index in [4.69, 9.17) is 9.47 Å². The number of para-hydroxylation sites is 2. The molecule has 2 heterocycles. The average molecular weight is 327 g/mol. The molecule has 0 saturated carbocycles. The summed E-state index contributed by atoms with van der Waals surface area (Å²) < 4.78 is 11.7. The quantitative estimate of drug-likeness (QED) is 0.732. The van der Waals surface area contributed by atoms with Gasteiger partial charge in [0.2, 0.25) is 5.88 Å². The molecule has 128 valence electrons. The van der Waals surface area contributed by atoms with Gasteiger partial charge in [-0.1, -0.05) is 18.2 Å². The number of rotatable bonds is 7. The second-order valence-corrected chi connectivity index (χ2v) is 6.07. The van der Waals surface area contributed by atoms with Gasteiger partial charge in [0.1, 0.15) is 6.10 Å². The summed E-state index contributed by atoms with van der Waals surface area (Å²) in [5, 5.41) is 0. The molecule has 3 rings (SSSR count). The Balaban J connectivity index is 1.68. The number of aromatic nitrogens is 2. The summed E-state index contributed by atoms with van der Waals surface area (Å²) in [6, 6.07) is 7.84. The third-order valence-corrected chi connectivity index (χ3v) is 4.18. The van der Waals surface area contributed by atoms with E-state index in [0.29, 0.717) is 5.88 Å². The van der Waals surface area contributed by atoms with E-state index < -0.39 is 0 Å². The molecule has 0 amide bonds. The molecular weight excluding hydrogens is 302 g/mol. The Morgan fingerprint density at radius 3 is 3.00 bits per heavy atom. The first-order valence-electron chi connectivity index (χ1n) is 8.64. The molecule has 1 saturated heterocycles. The molecule has 0 spiro atoms. The number of allylic oxidation sites excluding steroid dienone is 1. The van der Waals surface area contributed by atoms with Crippen molar-refractivity contribution in [2.75, 3.05) is 32.8 Å². The van der Waals surface area contributed by atoms with E-state index in [1.54, 1.807) is 6.20 Å². The highest BCUT2D eigenvalue weighted by Crippen LogP contribution is 2.16. The van der Waals surface area contributed by atoms with E-state index in [-0.39, 0.29) is 6.10 Å². The highest BCUT2D eigenvalue weighted by atomic mass is 16.5. The lowest BCUT2D eigenvalue weighted by molar-refractivity contribution is 0.109. The van der Waals surface area contributed by atoms with Crippen molar-refractivity contribution in [3.05, 3.63) is 43.1 Å². The molecule has 24 heavy (non-hydrogen) atoms. The maximum atomic E-state index is 6.16. The minimum atomic E-state index is 0.0802. The fourth-order valence-corrected chi connectivity index (χ4v) is 2.93. The molecule has 0 N–H and O–H groups in total. The molecule has 1 aromatic carbocycles. The van der Waals surface area contributed by atoms with E-state index >= 15 is 0 Å². The smallest absolute Gasteiger partial charge is 0.233 e. The van der Waals surface area contributed by atoms with Crippen LogP contribution in [0.2, 0.25) is 0 Å². The van der Waals surface area contributed by atoms with E-state index in [9.17, 15) is 0 Å².